The normalized spacial score (nSPS) is 12.9. The standard InChI is InChI=1S/C12H17NO4S.C4H7NO4/c1-3-18(15,16)10-6-4-9(5-7-10)11(13)8-12(14)17-2;5-2(4(8)9)1-3(6)7/h4-7,11H,3,8,13H2,1-2H3;2H,1,5H2,(H,6,7)(H,8,9)/t11-;2-/m10/s1. The zero-order valence-corrected chi connectivity index (χ0v) is 15.8. The molecule has 0 spiro atoms. The largest absolute Gasteiger partial charge is 0.481 e. The molecule has 0 bridgehead atoms. The van der Waals surface area contributed by atoms with E-state index in [0.717, 1.165) is 0 Å². The minimum Gasteiger partial charge on any atom is -0.481 e. The summed E-state index contributed by atoms with van der Waals surface area (Å²) in [5.74, 6) is -2.84. The number of rotatable bonds is 8. The number of benzene rings is 1. The molecule has 0 heterocycles. The first-order valence-electron chi connectivity index (χ1n) is 7.79. The predicted octanol–water partition coefficient (Wildman–Crippen LogP) is -0.0839. The van der Waals surface area contributed by atoms with Crippen LogP contribution in [0.1, 0.15) is 31.4 Å². The van der Waals surface area contributed by atoms with Crippen molar-refractivity contribution in [3.63, 3.8) is 0 Å². The number of nitrogens with two attached hydrogens (primary N) is 2. The third-order valence-electron chi connectivity index (χ3n) is 3.37. The predicted molar refractivity (Wildman–Crippen MR) is 95.6 cm³/mol. The van der Waals surface area contributed by atoms with Crippen molar-refractivity contribution >= 4 is 27.7 Å². The topological polar surface area (TPSA) is 187 Å². The average molecular weight is 404 g/mol. The minimum absolute atomic E-state index is 0.0561. The Morgan fingerprint density at radius 2 is 1.59 bits per heavy atom. The number of carbonyl (C=O) groups excluding carboxylic acids is 1. The van der Waals surface area contributed by atoms with E-state index in [0.29, 0.717) is 5.56 Å². The molecular formula is C16H24N2O8S. The average Bonchev–Trinajstić information content (AvgIpc) is 2.61. The van der Waals surface area contributed by atoms with Crippen molar-refractivity contribution in [2.45, 2.75) is 36.7 Å². The first-order chi connectivity index (χ1) is 12.4. The highest BCUT2D eigenvalue weighted by Gasteiger charge is 2.15. The lowest BCUT2D eigenvalue weighted by Gasteiger charge is -2.11. The summed E-state index contributed by atoms with van der Waals surface area (Å²) in [6.45, 7) is 1.59. The molecule has 0 saturated heterocycles. The van der Waals surface area contributed by atoms with E-state index in [1.54, 1.807) is 19.1 Å². The van der Waals surface area contributed by atoms with Crippen LogP contribution in [-0.2, 0) is 29.0 Å². The summed E-state index contributed by atoms with van der Waals surface area (Å²) in [7, 11) is -1.90. The number of methoxy groups -OCH3 is 1. The van der Waals surface area contributed by atoms with Crippen LogP contribution in [0.25, 0.3) is 0 Å². The number of aliphatic carboxylic acids is 2. The Balaban J connectivity index is 0.000000636. The highest BCUT2D eigenvalue weighted by atomic mass is 32.2. The zero-order valence-electron chi connectivity index (χ0n) is 15.0. The van der Waals surface area contributed by atoms with Crippen LogP contribution in [-0.4, -0.2) is 55.4 Å². The van der Waals surface area contributed by atoms with Crippen molar-refractivity contribution in [1.82, 2.24) is 0 Å². The second-order valence-corrected chi connectivity index (χ2v) is 7.68. The van der Waals surface area contributed by atoms with Crippen LogP contribution in [0, 0.1) is 0 Å². The van der Waals surface area contributed by atoms with Gasteiger partial charge in [-0.15, -0.1) is 0 Å². The molecule has 1 aromatic carbocycles. The van der Waals surface area contributed by atoms with Gasteiger partial charge in [-0.2, -0.15) is 0 Å². The van der Waals surface area contributed by atoms with Gasteiger partial charge in [-0.25, -0.2) is 8.42 Å². The van der Waals surface area contributed by atoms with Gasteiger partial charge >= 0.3 is 17.9 Å². The quantitative estimate of drug-likeness (QED) is 0.426. The second-order valence-electron chi connectivity index (χ2n) is 5.40. The van der Waals surface area contributed by atoms with Gasteiger partial charge in [0.05, 0.1) is 30.6 Å². The molecule has 1 aromatic rings. The zero-order chi connectivity index (χ0) is 21.2. The maximum atomic E-state index is 11.6. The lowest BCUT2D eigenvalue weighted by atomic mass is 10.1. The van der Waals surface area contributed by atoms with Gasteiger partial charge in [0.15, 0.2) is 9.84 Å². The number of carbonyl (C=O) groups is 3. The fourth-order valence-electron chi connectivity index (χ4n) is 1.75. The van der Waals surface area contributed by atoms with E-state index in [1.165, 1.54) is 19.2 Å². The van der Waals surface area contributed by atoms with Crippen LogP contribution in [0.2, 0.25) is 0 Å². The molecule has 11 heteroatoms. The van der Waals surface area contributed by atoms with E-state index in [-0.39, 0.29) is 17.1 Å². The third-order valence-corrected chi connectivity index (χ3v) is 5.12. The van der Waals surface area contributed by atoms with Gasteiger partial charge in [0.2, 0.25) is 0 Å². The van der Waals surface area contributed by atoms with E-state index in [4.69, 9.17) is 21.7 Å². The number of hydrogen-bond acceptors (Lipinski definition) is 8. The van der Waals surface area contributed by atoms with Crippen molar-refractivity contribution in [1.29, 1.82) is 0 Å². The number of carboxylic acids is 2. The molecule has 0 aliphatic carbocycles. The number of esters is 1. The molecule has 2 atom stereocenters. The minimum atomic E-state index is -3.20. The van der Waals surface area contributed by atoms with Gasteiger partial charge in [-0.1, -0.05) is 19.1 Å². The maximum absolute atomic E-state index is 11.6. The Labute approximate surface area is 157 Å². The lowest BCUT2D eigenvalue weighted by molar-refractivity contribution is -0.144. The van der Waals surface area contributed by atoms with Crippen molar-refractivity contribution in [2.75, 3.05) is 12.9 Å². The number of hydrogen-bond donors (Lipinski definition) is 4. The first kappa shape index (κ1) is 24.5. The molecule has 0 amide bonds. The Hall–Kier alpha value is -2.50. The molecule has 0 aliphatic heterocycles. The highest BCUT2D eigenvalue weighted by molar-refractivity contribution is 7.91. The van der Waals surface area contributed by atoms with Gasteiger partial charge in [0.25, 0.3) is 0 Å². The van der Waals surface area contributed by atoms with E-state index in [1.807, 2.05) is 0 Å². The van der Waals surface area contributed by atoms with Gasteiger partial charge in [-0.3, -0.25) is 14.4 Å². The van der Waals surface area contributed by atoms with Crippen LogP contribution in [0.4, 0.5) is 0 Å². The van der Waals surface area contributed by atoms with E-state index < -0.39 is 46.2 Å². The van der Waals surface area contributed by atoms with Gasteiger partial charge in [0.1, 0.15) is 6.04 Å². The Kier molecular flexibility index (Phi) is 10.2. The van der Waals surface area contributed by atoms with Crippen molar-refractivity contribution in [3.8, 4) is 0 Å². The van der Waals surface area contributed by atoms with Crippen LogP contribution in [0.5, 0.6) is 0 Å². The summed E-state index contributed by atoms with van der Waals surface area (Å²) >= 11 is 0. The molecule has 0 aromatic heterocycles. The molecule has 10 nitrogen and oxygen atoms in total. The summed E-state index contributed by atoms with van der Waals surface area (Å²) in [5.41, 5.74) is 11.4. The van der Waals surface area contributed by atoms with Crippen molar-refractivity contribution < 1.29 is 37.8 Å². The van der Waals surface area contributed by atoms with Gasteiger partial charge in [0, 0.05) is 6.04 Å². The molecule has 0 radical (unpaired) electrons. The Morgan fingerprint density at radius 1 is 1.07 bits per heavy atom. The summed E-state index contributed by atoms with van der Waals surface area (Å²) < 4.78 is 27.7. The molecule has 0 saturated carbocycles. The van der Waals surface area contributed by atoms with Crippen LogP contribution in [0.3, 0.4) is 0 Å². The fraction of sp³-hybridized carbons (Fsp3) is 0.438. The molecule has 27 heavy (non-hydrogen) atoms. The molecule has 0 fully saturated rings. The second kappa shape index (κ2) is 11.3. The van der Waals surface area contributed by atoms with Crippen molar-refractivity contribution in [3.05, 3.63) is 29.8 Å². The van der Waals surface area contributed by atoms with Crippen LogP contribution < -0.4 is 11.5 Å². The molecule has 6 N–H and O–H groups in total. The fourth-order valence-corrected chi connectivity index (χ4v) is 2.63. The first-order valence-corrected chi connectivity index (χ1v) is 9.45. The maximum Gasteiger partial charge on any atom is 0.321 e. The number of carboxylic acid groups (broad SMARTS) is 2. The molecular weight excluding hydrogens is 380 g/mol. The van der Waals surface area contributed by atoms with Crippen LogP contribution >= 0.6 is 0 Å². The molecule has 0 aliphatic rings. The van der Waals surface area contributed by atoms with E-state index >= 15 is 0 Å². The molecule has 1 rings (SSSR count). The summed E-state index contributed by atoms with van der Waals surface area (Å²) in [5, 5.41) is 16.0. The summed E-state index contributed by atoms with van der Waals surface area (Å²) in [6, 6.07) is 4.47. The van der Waals surface area contributed by atoms with Crippen molar-refractivity contribution in [2.24, 2.45) is 11.5 Å². The summed E-state index contributed by atoms with van der Waals surface area (Å²) in [6.07, 6.45) is -0.467. The van der Waals surface area contributed by atoms with Gasteiger partial charge < -0.3 is 26.4 Å². The number of ether oxygens (including phenoxy) is 1. The van der Waals surface area contributed by atoms with Gasteiger partial charge in [-0.05, 0) is 17.7 Å². The smallest absolute Gasteiger partial charge is 0.321 e. The molecule has 0 unspecified atom stereocenters. The SMILES string of the molecule is CCS(=O)(=O)c1ccc([C@H](N)CC(=O)OC)cc1.N[C@@H](CC(=O)O)C(=O)O. The Bertz CT molecular complexity index is 746. The van der Waals surface area contributed by atoms with E-state index in [2.05, 4.69) is 4.74 Å². The highest BCUT2D eigenvalue weighted by Crippen LogP contribution is 2.18. The lowest BCUT2D eigenvalue weighted by Crippen LogP contribution is -2.32. The summed E-state index contributed by atoms with van der Waals surface area (Å²) in [4.78, 5) is 31.0. The van der Waals surface area contributed by atoms with E-state index in [9.17, 15) is 22.8 Å². The third kappa shape index (κ3) is 9.13. The monoisotopic (exact) mass is 404 g/mol. The van der Waals surface area contributed by atoms with Crippen LogP contribution in [0.15, 0.2) is 29.2 Å². The number of sulfone groups is 1. The molecule has 152 valence electrons. The Morgan fingerprint density at radius 3 is 1.93 bits per heavy atom.